The molecule has 29 heavy (non-hydrogen) atoms. The second-order valence-electron chi connectivity index (χ2n) is 7.96. The van der Waals surface area contributed by atoms with Gasteiger partial charge in [0.25, 0.3) is 0 Å². The Bertz CT molecular complexity index is 759. The molecule has 1 aliphatic heterocycles. The number of benzene rings is 1. The molecular formula is C26H39N3. The van der Waals surface area contributed by atoms with E-state index in [0.29, 0.717) is 0 Å². The Labute approximate surface area is 178 Å². The van der Waals surface area contributed by atoms with E-state index in [1.807, 2.05) is 13.1 Å². The molecule has 0 atom stereocenters. The lowest BCUT2D eigenvalue weighted by Gasteiger charge is -2.19. The Morgan fingerprint density at radius 2 is 1.69 bits per heavy atom. The van der Waals surface area contributed by atoms with Gasteiger partial charge in [0.1, 0.15) is 5.84 Å². The molecule has 0 saturated carbocycles. The summed E-state index contributed by atoms with van der Waals surface area (Å²) in [4.78, 5) is 9.20. The van der Waals surface area contributed by atoms with Gasteiger partial charge in [-0.25, -0.2) is 4.99 Å². The quantitative estimate of drug-likeness (QED) is 0.274. The second-order valence-corrected chi connectivity index (χ2v) is 7.96. The molecule has 0 amide bonds. The van der Waals surface area contributed by atoms with Gasteiger partial charge in [0.2, 0.25) is 0 Å². The predicted molar refractivity (Wildman–Crippen MR) is 129 cm³/mol. The highest BCUT2D eigenvalue weighted by Crippen LogP contribution is 2.26. The maximum atomic E-state index is 4.60. The predicted octanol–water partition coefficient (Wildman–Crippen LogP) is 6.53. The summed E-state index contributed by atoms with van der Waals surface area (Å²) in [6, 6.07) is 6.97. The number of amidine groups is 1. The largest absolute Gasteiger partial charge is 0.384 e. The number of allylic oxidation sites excluding steroid dienone is 3. The molecule has 0 aromatic heterocycles. The van der Waals surface area contributed by atoms with E-state index in [4.69, 9.17) is 0 Å². The molecule has 1 N–H and O–H groups in total. The zero-order valence-corrected chi connectivity index (χ0v) is 19.1. The Kier molecular flexibility index (Phi) is 9.90. The number of aryl methyl sites for hydroxylation is 2. The molecule has 1 heterocycles. The molecule has 1 aliphatic rings. The number of aliphatic imine (C=N–C) groups is 2. The monoisotopic (exact) mass is 393 g/mol. The Hall–Kier alpha value is -2.16. The lowest BCUT2D eigenvalue weighted by Crippen LogP contribution is -2.21. The van der Waals surface area contributed by atoms with Crippen LogP contribution in [0.3, 0.4) is 0 Å². The second kappa shape index (κ2) is 12.4. The molecular weight excluding hydrogens is 354 g/mol. The van der Waals surface area contributed by atoms with E-state index in [2.05, 4.69) is 67.3 Å². The van der Waals surface area contributed by atoms with Crippen LogP contribution in [0.2, 0.25) is 0 Å². The van der Waals surface area contributed by atoms with E-state index in [-0.39, 0.29) is 0 Å². The first-order valence-corrected chi connectivity index (χ1v) is 11.4. The van der Waals surface area contributed by atoms with Crippen LogP contribution in [0.15, 0.2) is 45.5 Å². The molecule has 0 spiro atoms. The molecule has 0 bridgehead atoms. The van der Waals surface area contributed by atoms with E-state index in [1.54, 1.807) is 0 Å². The fraction of sp³-hybridized carbons (Fsp3) is 0.538. The van der Waals surface area contributed by atoms with Crippen LogP contribution in [-0.4, -0.2) is 25.1 Å². The number of hydrogen-bond acceptors (Lipinski definition) is 2. The third-order valence-electron chi connectivity index (χ3n) is 5.49. The minimum absolute atomic E-state index is 0.817. The van der Waals surface area contributed by atoms with Gasteiger partial charge in [-0.2, -0.15) is 0 Å². The highest BCUT2D eigenvalue weighted by atomic mass is 14.9. The molecule has 3 nitrogen and oxygen atoms in total. The normalized spacial score (nSPS) is 15.1. The Morgan fingerprint density at radius 3 is 2.34 bits per heavy atom. The molecule has 1 aromatic rings. The summed E-state index contributed by atoms with van der Waals surface area (Å²) < 4.78 is 0. The molecule has 2 rings (SSSR count). The summed E-state index contributed by atoms with van der Waals surface area (Å²) in [6.07, 6.45) is 12.7. The molecule has 0 fully saturated rings. The fourth-order valence-corrected chi connectivity index (χ4v) is 3.56. The summed E-state index contributed by atoms with van der Waals surface area (Å²) in [5.74, 6) is 0.871. The van der Waals surface area contributed by atoms with Crippen molar-refractivity contribution in [1.29, 1.82) is 0 Å². The van der Waals surface area contributed by atoms with Gasteiger partial charge >= 0.3 is 0 Å². The van der Waals surface area contributed by atoms with E-state index < -0.39 is 0 Å². The van der Waals surface area contributed by atoms with Crippen LogP contribution >= 0.6 is 0 Å². The maximum Gasteiger partial charge on any atom is 0.120 e. The van der Waals surface area contributed by atoms with E-state index in [0.717, 1.165) is 38.2 Å². The summed E-state index contributed by atoms with van der Waals surface area (Å²) >= 11 is 0. The summed E-state index contributed by atoms with van der Waals surface area (Å²) in [6.45, 7) is 12.6. The van der Waals surface area contributed by atoms with Crippen LogP contribution in [0.25, 0.3) is 5.57 Å². The van der Waals surface area contributed by atoms with Gasteiger partial charge in [-0.1, -0.05) is 64.7 Å². The van der Waals surface area contributed by atoms with E-state index in [1.165, 1.54) is 59.2 Å². The lowest BCUT2D eigenvalue weighted by molar-refractivity contribution is 0.638. The molecule has 0 aliphatic carbocycles. The van der Waals surface area contributed by atoms with Gasteiger partial charge in [0.05, 0.1) is 0 Å². The molecule has 158 valence electrons. The van der Waals surface area contributed by atoms with Crippen molar-refractivity contribution in [2.75, 3.05) is 13.1 Å². The van der Waals surface area contributed by atoms with Gasteiger partial charge in [-0.05, 0) is 61.4 Å². The molecule has 0 saturated heterocycles. The van der Waals surface area contributed by atoms with Crippen LogP contribution in [0.1, 0.15) is 83.4 Å². The van der Waals surface area contributed by atoms with Crippen molar-refractivity contribution >= 4 is 17.6 Å². The maximum absolute atomic E-state index is 4.60. The summed E-state index contributed by atoms with van der Waals surface area (Å²) in [5.41, 5.74) is 7.80. The van der Waals surface area contributed by atoms with Crippen LogP contribution in [0.5, 0.6) is 0 Å². The molecule has 0 unspecified atom stereocenters. The number of nitrogens with one attached hydrogen (secondary N) is 1. The van der Waals surface area contributed by atoms with Crippen molar-refractivity contribution in [2.24, 2.45) is 9.98 Å². The van der Waals surface area contributed by atoms with Gasteiger partial charge in [-0.15, -0.1) is 0 Å². The number of rotatable bonds is 10. The highest BCUT2D eigenvalue weighted by Gasteiger charge is 2.12. The lowest BCUT2D eigenvalue weighted by atomic mass is 9.94. The average Bonchev–Trinajstić information content (AvgIpc) is 2.75. The minimum Gasteiger partial charge on any atom is -0.384 e. The number of unbranched alkanes of at least 4 members (excludes halogenated alkanes) is 4. The van der Waals surface area contributed by atoms with Crippen LogP contribution < -0.4 is 5.32 Å². The van der Waals surface area contributed by atoms with Crippen molar-refractivity contribution in [1.82, 2.24) is 5.32 Å². The molecule has 1 aromatic carbocycles. The Balaban J connectivity index is 2.07. The van der Waals surface area contributed by atoms with Gasteiger partial charge in [-0.3, -0.25) is 4.99 Å². The van der Waals surface area contributed by atoms with Crippen LogP contribution in [-0.2, 0) is 12.8 Å². The third kappa shape index (κ3) is 7.64. The van der Waals surface area contributed by atoms with Gasteiger partial charge in [0, 0.05) is 30.6 Å². The number of nitrogens with zero attached hydrogens (tertiary/aromatic N) is 2. The highest BCUT2D eigenvalue weighted by molar-refractivity contribution is 5.96. The first kappa shape index (κ1) is 23.1. The van der Waals surface area contributed by atoms with Gasteiger partial charge in [0.15, 0.2) is 0 Å². The smallest absolute Gasteiger partial charge is 0.120 e. The van der Waals surface area contributed by atoms with Crippen molar-refractivity contribution in [3.63, 3.8) is 0 Å². The zero-order chi connectivity index (χ0) is 21.1. The molecule has 3 heteroatoms. The fourth-order valence-electron chi connectivity index (χ4n) is 3.56. The van der Waals surface area contributed by atoms with E-state index >= 15 is 0 Å². The van der Waals surface area contributed by atoms with Crippen LogP contribution in [0.4, 0.5) is 0 Å². The zero-order valence-electron chi connectivity index (χ0n) is 19.1. The first-order valence-electron chi connectivity index (χ1n) is 11.4. The molecule has 0 radical (unpaired) electrons. The summed E-state index contributed by atoms with van der Waals surface area (Å²) in [5, 5.41) is 3.53. The SMILES string of the molecule is CCCCCCCN=C(C)N=CC1=CC(c2cc(CC)cc(CC)c2)=C(C)NC1. The number of dihydropyridines is 1. The standard InChI is InChI=1S/C26H39N3/c1-6-9-10-11-12-13-27-21(5)29-19-24-17-26(20(4)28-18-24)25-15-22(7-2)14-23(8-3)16-25/h14-17,19,28H,6-13,18H2,1-5H3. The summed E-state index contributed by atoms with van der Waals surface area (Å²) in [7, 11) is 0. The van der Waals surface area contributed by atoms with Crippen molar-refractivity contribution in [3.8, 4) is 0 Å². The van der Waals surface area contributed by atoms with E-state index in [9.17, 15) is 0 Å². The topological polar surface area (TPSA) is 36.8 Å². The van der Waals surface area contributed by atoms with Crippen molar-refractivity contribution in [2.45, 2.75) is 79.6 Å². The average molecular weight is 394 g/mol. The third-order valence-corrected chi connectivity index (χ3v) is 5.49. The van der Waals surface area contributed by atoms with Gasteiger partial charge < -0.3 is 5.32 Å². The number of hydrogen-bond donors (Lipinski definition) is 1. The minimum atomic E-state index is 0.817. The van der Waals surface area contributed by atoms with Crippen molar-refractivity contribution < 1.29 is 0 Å². The Morgan fingerprint density at radius 1 is 1.00 bits per heavy atom. The first-order chi connectivity index (χ1) is 14.1. The van der Waals surface area contributed by atoms with Crippen LogP contribution in [0, 0.1) is 0 Å². The van der Waals surface area contributed by atoms with Crippen molar-refractivity contribution in [3.05, 3.63) is 52.2 Å².